The summed E-state index contributed by atoms with van der Waals surface area (Å²) in [7, 11) is 0. The molecular formula is C31H36N4O5. The lowest BCUT2D eigenvalue weighted by molar-refractivity contribution is -0.131. The zero-order valence-corrected chi connectivity index (χ0v) is 23.1. The standard InChI is InChI=1S/C31H36N4O5/c1-20-27(21(2)40-33-20)11-12-31(37)35-16-28-29(17-35)38-19-23-6-4-8-26(14-23)39-25-7-3-5-22(13-25)15-34(24-9-10-24)18-30(36)32-28/h3-8,13-14,24,28-29H,9-12,15-19H2,1-2H3,(H,32,36)/t28-,29-/m0/s1. The molecule has 2 atom stereocenters. The van der Waals surface area contributed by atoms with Crippen LogP contribution in [0.1, 0.15) is 47.4 Å². The van der Waals surface area contributed by atoms with Gasteiger partial charge in [-0.15, -0.1) is 0 Å². The van der Waals surface area contributed by atoms with Crippen LogP contribution in [0.15, 0.2) is 53.1 Å². The zero-order valence-electron chi connectivity index (χ0n) is 23.1. The highest BCUT2D eigenvalue weighted by molar-refractivity contribution is 5.80. The molecule has 6 rings (SSSR count). The van der Waals surface area contributed by atoms with Gasteiger partial charge in [0.1, 0.15) is 17.3 Å². The first-order valence-corrected chi connectivity index (χ1v) is 14.1. The Morgan fingerprint density at radius 3 is 2.50 bits per heavy atom. The molecule has 0 unspecified atom stereocenters. The van der Waals surface area contributed by atoms with E-state index in [0.717, 1.165) is 52.5 Å². The number of ether oxygens (including phenoxy) is 2. The molecule has 1 saturated heterocycles. The predicted octanol–water partition coefficient (Wildman–Crippen LogP) is 3.91. The number of rotatable bonds is 4. The Bertz CT molecular complexity index is 1360. The molecule has 1 saturated carbocycles. The number of likely N-dealkylation sites (tertiary alicyclic amines) is 1. The van der Waals surface area contributed by atoms with Gasteiger partial charge >= 0.3 is 0 Å². The SMILES string of the molecule is Cc1noc(C)c1CCC(=O)N1C[C@@H]2NC(=O)CN(C3CC3)Cc3cccc(c3)Oc3cccc(c3)CO[C@H]2C1. The van der Waals surface area contributed by atoms with E-state index in [1.54, 1.807) is 0 Å². The third-order valence-corrected chi connectivity index (χ3v) is 8.03. The van der Waals surface area contributed by atoms with Crippen LogP contribution >= 0.6 is 0 Å². The van der Waals surface area contributed by atoms with Crippen LogP contribution in [0.2, 0.25) is 0 Å². The topological polar surface area (TPSA) is 97.1 Å². The zero-order chi connectivity index (χ0) is 27.6. The number of aromatic nitrogens is 1. The molecule has 2 fully saturated rings. The second kappa shape index (κ2) is 11.4. The first-order valence-electron chi connectivity index (χ1n) is 14.1. The van der Waals surface area contributed by atoms with Crippen molar-refractivity contribution in [1.29, 1.82) is 0 Å². The molecule has 2 aliphatic heterocycles. The number of nitrogens with zero attached hydrogens (tertiary/aromatic N) is 3. The van der Waals surface area contributed by atoms with E-state index in [1.807, 2.05) is 61.2 Å². The third kappa shape index (κ3) is 6.21. The fourth-order valence-electron chi connectivity index (χ4n) is 5.70. The maximum atomic E-state index is 13.3. The molecule has 2 amide bonds. The summed E-state index contributed by atoms with van der Waals surface area (Å²) in [6.45, 7) is 5.94. The van der Waals surface area contributed by atoms with Crippen LogP contribution in [-0.2, 0) is 33.9 Å². The fourth-order valence-corrected chi connectivity index (χ4v) is 5.70. The van der Waals surface area contributed by atoms with Crippen molar-refractivity contribution < 1.29 is 23.6 Å². The second-order valence-electron chi connectivity index (χ2n) is 11.2. The molecule has 1 aromatic heterocycles. The maximum absolute atomic E-state index is 13.3. The molecule has 3 heterocycles. The molecule has 0 spiro atoms. The Morgan fingerprint density at radius 2 is 1.77 bits per heavy atom. The lowest BCUT2D eigenvalue weighted by Crippen LogP contribution is -2.48. The van der Waals surface area contributed by atoms with E-state index < -0.39 is 0 Å². The van der Waals surface area contributed by atoms with Gasteiger partial charge in [0.05, 0.1) is 31.0 Å². The van der Waals surface area contributed by atoms with E-state index in [4.69, 9.17) is 14.0 Å². The van der Waals surface area contributed by atoms with E-state index >= 15 is 0 Å². The van der Waals surface area contributed by atoms with Crippen LogP contribution in [-0.4, -0.2) is 64.6 Å². The molecule has 9 nitrogen and oxygen atoms in total. The van der Waals surface area contributed by atoms with Crippen molar-refractivity contribution in [3.05, 3.63) is 76.7 Å². The fraction of sp³-hybridized carbons (Fsp3) is 0.452. The molecule has 2 aromatic carbocycles. The maximum Gasteiger partial charge on any atom is 0.234 e. The first kappa shape index (κ1) is 26.5. The molecule has 0 radical (unpaired) electrons. The summed E-state index contributed by atoms with van der Waals surface area (Å²) in [5.41, 5.74) is 3.88. The lowest BCUT2D eigenvalue weighted by Gasteiger charge is -2.25. The van der Waals surface area contributed by atoms with Gasteiger partial charge in [0.2, 0.25) is 11.8 Å². The van der Waals surface area contributed by atoms with Crippen molar-refractivity contribution in [2.45, 2.75) is 70.9 Å². The molecule has 1 N–H and O–H groups in total. The number of amides is 2. The molecule has 3 aromatic rings. The average molecular weight is 545 g/mol. The number of carbonyl (C=O) groups excluding carboxylic acids is 2. The molecule has 210 valence electrons. The Hall–Kier alpha value is -3.69. The Kier molecular flexibility index (Phi) is 7.58. The average Bonchev–Trinajstić information content (AvgIpc) is 3.64. The highest BCUT2D eigenvalue weighted by Gasteiger charge is 2.38. The number of nitrogens with one attached hydrogen (secondary N) is 1. The molecule has 1 aliphatic carbocycles. The van der Waals surface area contributed by atoms with Gasteiger partial charge in [-0.25, -0.2) is 0 Å². The van der Waals surface area contributed by atoms with Crippen molar-refractivity contribution in [3.63, 3.8) is 0 Å². The van der Waals surface area contributed by atoms with E-state index in [2.05, 4.69) is 21.4 Å². The Morgan fingerprint density at radius 1 is 1.02 bits per heavy atom. The van der Waals surface area contributed by atoms with Crippen LogP contribution < -0.4 is 10.1 Å². The van der Waals surface area contributed by atoms with Gasteiger partial charge in [0, 0.05) is 37.7 Å². The number of aryl methyl sites for hydroxylation is 2. The number of fused-ring (bicyclic) bond motifs is 5. The summed E-state index contributed by atoms with van der Waals surface area (Å²) >= 11 is 0. The van der Waals surface area contributed by atoms with E-state index in [1.165, 1.54) is 0 Å². The Balaban J connectivity index is 1.20. The summed E-state index contributed by atoms with van der Waals surface area (Å²) in [5.74, 6) is 2.25. The third-order valence-electron chi connectivity index (χ3n) is 8.03. The second-order valence-corrected chi connectivity index (χ2v) is 11.2. The van der Waals surface area contributed by atoms with Crippen LogP contribution in [0.25, 0.3) is 0 Å². The largest absolute Gasteiger partial charge is 0.457 e. The minimum Gasteiger partial charge on any atom is -0.457 e. The Labute approximate surface area is 234 Å². The monoisotopic (exact) mass is 544 g/mol. The number of benzene rings is 2. The molecule has 9 heteroatoms. The highest BCUT2D eigenvalue weighted by Crippen LogP contribution is 2.30. The normalized spacial score (nSPS) is 21.9. The van der Waals surface area contributed by atoms with Crippen molar-refractivity contribution in [2.75, 3.05) is 19.6 Å². The van der Waals surface area contributed by atoms with Crippen LogP contribution in [0.4, 0.5) is 0 Å². The predicted molar refractivity (Wildman–Crippen MR) is 148 cm³/mol. The summed E-state index contributed by atoms with van der Waals surface area (Å²) < 4.78 is 17.8. The summed E-state index contributed by atoms with van der Waals surface area (Å²) in [6.07, 6.45) is 2.80. The van der Waals surface area contributed by atoms with Crippen molar-refractivity contribution in [1.82, 2.24) is 20.3 Å². The van der Waals surface area contributed by atoms with Crippen LogP contribution in [0, 0.1) is 13.8 Å². The molecular weight excluding hydrogens is 508 g/mol. The first-order chi connectivity index (χ1) is 19.4. The summed E-state index contributed by atoms with van der Waals surface area (Å²) in [6, 6.07) is 16.0. The van der Waals surface area contributed by atoms with Gasteiger partial charge in [-0.1, -0.05) is 29.4 Å². The minimum absolute atomic E-state index is 0.0329. The smallest absolute Gasteiger partial charge is 0.234 e. The highest BCUT2D eigenvalue weighted by atomic mass is 16.5. The summed E-state index contributed by atoms with van der Waals surface area (Å²) in [4.78, 5) is 30.6. The van der Waals surface area contributed by atoms with E-state index in [-0.39, 0.29) is 24.0 Å². The van der Waals surface area contributed by atoms with Gasteiger partial charge in [-0.3, -0.25) is 14.5 Å². The molecule has 40 heavy (non-hydrogen) atoms. The number of carbonyl (C=O) groups is 2. The lowest BCUT2D eigenvalue weighted by atomic mass is 10.1. The van der Waals surface area contributed by atoms with Crippen molar-refractivity contribution in [3.8, 4) is 11.5 Å². The molecule has 4 bridgehead atoms. The van der Waals surface area contributed by atoms with Crippen molar-refractivity contribution in [2.24, 2.45) is 0 Å². The van der Waals surface area contributed by atoms with E-state index in [9.17, 15) is 9.59 Å². The van der Waals surface area contributed by atoms with Crippen LogP contribution in [0.3, 0.4) is 0 Å². The van der Waals surface area contributed by atoms with Gasteiger partial charge in [0.25, 0.3) is 0 Å². The van der Waals surface area contributed by atoms with Gasteiger partial charge in [-0.05, 0) is 68.5 Å². The van der Waals surface area contributed by atoms with Crippen LogP contribution in [0.5, 0.6) is 11.5 Å². The summed E-state index contributed by atoms with van der Waals surface area (Å²) in [5, 5.41) is 7.21. The van der Waals surface area contributed by atoms with E-state index in [0.29, 0.717) is 51.7 Å². The number of hydrogen-bond donors (Lipinski definition) is 1. The molecule has 3 aliphatic rings. The number of hydrogen-bond acceptors (Lipinski definition) is 7. The quantitative estimate of drug-likeness (QED) is 0.532. The van der Waals surface area contributed by atoms with Crippen molar-refractivity contribution >= 4 is 11.8 Å². The van der Waals surface area contributed by atoms with Gasteiger partial charge in [0.15, 0.2) is 0 Å². The van der Waals surface area contributed by atoms with Gasteiger partial charge < -0.3 is 24.2 Å². The van der Waals surface area contributed by atoms with Gasteiger partial charge in [-0.2, -0.15) is 0 Å². The minimum atomic E-state index is -0.313.